The summed E-state index contributed by atoms with van der Waals surface area (Å²) in [4.78, 5) is 8.87. The van der Waals surface area contributed by atoms with Crippen LogP contribution in [0.4, 0.5) is 43.5 Å². The van der Waals surface area contributed by atoms with Crippen LogP contribution in [0.3, 0.4) is 0 Å². The highest BCUT2D eigenvalue weighted by Crippen LogP contribution is 2.43. The van der Waals surface area contributed by atoms with E-state index in [2.05, 4.69) is 9.97 Å². The van der Waals surface area contributed by atoms with E-state index in [0.29, 0.717) is 31.1 Å². The van der Waals surface area contributed by atoms with Crippen LogP contribution in [-0.2, 0) is 17.1 Å². The fourth-order valence-electron chi connectivity index (χ4n) is 4.44. The molecular weight excluding hydrogens is 452 g/mol. The topological polar surface area (TPSA) is 90.3 Å². The van der Waals surface area contributed by atoms with Crippen molar-refractivity contribution < 1.29 is 31.1 Å². The summed E-state index contributed by atoms with van der Waals surface area (Å²) in [6.45, 7) is 1.08. The van der Waals surface area contributed by atoms with Crippen molar-refractivity contribution in [1.82, 2.24) is 9.97 Å². The molecule has 0 saturated heterocycles. The third-order valence-electron chi connectivity index (χ3n) is 5.92. The quantitative estimate of drug-likeness (QED) is 0.570. The molecule has 2 heterocycles. The summed E-state index contributed by atoms with van der Waals surface area (Å²) in [5, 5.41) is 0. The Kier molecular flexibility index (Phi) is 6.69. The maximum absolute atomic E-state index is 13.3. The molecule has 1 fully saturated rings. The van der Waals surface area contributed by atoms with Crippen LogP contribution in [0, 0.1) is 5.41 Å². The molecule has 1 saturated carbocycles. The summed E-state index contributed by atoms with van der Waals surface area (Å²) in [6.07, 6.45) is -5.85. The maximum atomic E-state index is 13.3. The summed E-state index contributed by atoms with van der Waals surface area (Å²) >= 11 is 0. The van der Waals surface area contributed by atoms with Crippen LogP contribution in [-0.4, -0.2) is 37.3 Å². The van der Waals surface area contributed by atoms with Crippen molar-refractivity contribution in [2.75, 3.05) is 43.7 Å². The van der Waals surface area contributed by atoms with Gasteiger partial charge in [0.2, 0.25) is 0 Å². The molecule has 6 nitrogen and oxygen atoms in total. The predicted molar refractivity (Wildman–Crippen MR) is 112 cm³/mol. The van der Waals surface area contributed by atoms with Crippen LogP contribution < -0.4 is 16.4 Å². The third-order valence-corrected chi connectivity index (χ3v) is 5.92. The van der Waals surface area contributed by atoms with Gasteiger partial charge in [0.15, 0.2) is 5.69 Å². The van der Waals surface area contributed by atoms with Gasteiger partial charge < -0.3 is 21.1 Å². The molecule has 182 valence electrons. The van der Waals surface area contributed by atoms with Gasteiger partial charge in [-0.3, -0.25) is 4.98 Å². The van der Waals surface area contributed by atoms with Crippen molar-refractivity contribution in [1.29, 1.82) is 0 Å². The number of pyridine rings is 2. The molecule has 1 aliphatic carbocycles. The van der Waals surface area contributed by atoms with Crippen LogP contribution in [0.1, 0.15) is 36.9 Å². The van der Waals surface area contributed by atoms with Gasteiger partial charge in [0, 0.05) is 37.9 Å². The van der Waals surface area contributed by atoms with E-state index in [1.165, 1.54) is 6.07 Å². The van der Waals surface area contributed by atoms with Crippen molar-refractivity contribution in [2.24, 2.45) is 5.41 Å². The van der Waals surface area contributed by atoms with Crippen LogP contribution in [0.5, 0.6) is 0 Å². The zero-order valence-electron chi connectivity index (χ0n) is 18.1. The first kappa shape index (κ1) is 24.9. The lowest BCUT2D eigenvalue weighted by Gasteiger charge is -2.34. The molecule has 0 radical (unpaired) electrons. The van der Waals surface area contributed by atoms with Crippen molar-refractivity contribution >= 4 is 17.2 Å². The second kappa shape index (κ2) is 8.88. The van der Waals surface area contributed by atoms with Crippen LogP contribution >= 0.6 is 0 Å². The number of nitrogens with two attached hydrogens (primary N) is 2. The van der Waals surface area contributed by atoms with Crippen LogP contribution in [0.25, 0.3) is 11.3 Å². The Labute approximate surface area is 186 Å². The molecule has 0 aromatic carbocycles. The molecule has 2 aromatic heterocycles. The van der Waals surface area contributed by atoms with Gasteiger partial charge in [0.05, 0.1) is 29.2 Å². The minimum atomic E-state index is -5.26. The Morgan fingerprint density at radius 1 is 1.06 bits per heavy atom. The number of halogens is 6. The maximum Gasteiger partial charge on any atom is 0.433 e. The van der Waals surface area contributed by atoms with Gasteiger partial charge in [-0.2, -0.15) is 26.3 Å². The molecule has 0 spiro atoms. The molecule has 4 N–H and O–H groups in total. The number of hydrogen-bond acceptors (Lipinski definition) is 6. The molecule has 2 aromatic rings. The van der Waals surface area contributed by atoms with E-state index in [-0.39, 0.29) is 28.2 Å². The average molecular weight is 477 g/mol. The average Bonchev–Trinajstić information content (AvgIpc) is 3.16. The van der Waals surface area contributed by atoms with Crippen LogP contribution in [0.2, 0.25) is 0 Å². The first-order chi connectivity index (χ1) is 15.3. The SMILES string of the molecule is COCC1(CN(C)c2cc(-c3cnc(C(F)(F)F)c(C(F)(F)F)c3)nc(N)c2N)CCCC1. The summed E-state index contributed by atoms with van der Waals surface area (Å²) < 4.78 is 84.6. The number of aromatic nitrogens is 2. The number of methoxy groups -OCH3 is 1. The largest absolute Gasteiger partial charge is 0.433 e. The Bertz CT molecular complexity index is 1000. The monoisotopic (exact) mass is 477 g/mol. The van der Waals surface area contributed by atoms with Crippen LogP contribution in [0.15, 0.2) is 18.3 Å². The summed E-state index contributed by atoms with van der Waals surface area (Å²) in [6, 6.07) is 1.78. The summed E-state index contributed by atoms with van der Waals surface area (Å²) in [5.41, 5.74) is 8.19. The molecular formula is C21H25F6N5O. The predicted octanol–water partition coefficient (Wildman–Crippen LogP) is 4.99. The molecule has 0 amide bonds. The zero-order valence-corrected chi connectivity index (χ0v) is 18.1. The molecule has 0 unspecified atom stereocenters. The minimum absolute atomic E-state index is 0.0671. The van der Waals surface area contributed by atoms with Gasteiger partial charge in [-0.25, -0.2) is 4.98 Å². The highest BCUT2D eigenvalue weighted by Gasteiger charge is 2.45. The highest BCUT2D eigenvalue weighted by atomic mass is 19.4. The second-order valence-electron chi connectivity index (χ2n) is 8.44. The van der Waals surface area contributed by atoms with Gasteiger partial charge in [-0.15, -0.1) is 0 Å². The van der Waals surface area contributed by atoms with E-state index in [1.54, 1.807) is 14.2 Å². The highest BCUT2D eigenvalue weighted by molar-refractivity contribution is 5.81. The van der Waals surface area contributed by atoms with Crippen molar-refractivity contribution in [3.63, 3.8) is 0 Å². The number of alkyl halides is 6. The minimum Gasteiger partial charge on any atom is -0.394 e. The molecule has 0 aliphatic heterocycles. The lowest BCUT2D eigenvalue weighted by Crippen LogP contribution is -2.37. The zero-order chi connectivity index (χ0) is 24.6. The van der Waals surface area contributed by atoms with Gasteiger partial charge in [-0.05, 0) is 25.0 Å². The molecule has 1 aliphatic rings. The molecule has 33 heavy (non-hydrogen) atoms. The Morgan fingerprint density at radius 2 is 1.70 bits per heavy atom. The number of hydrogen-bond donors (Lipinski definition) is 2. The third kappa shape index (κ3) is 5.26. The lowest BCUT2D eigenvalue weighted by molar-refractivity contribution is -0.164. The molecule has 0 atom stereocenters. The summed E-state index contributed by atoms with van der Waals surface area (Å²) in [7, 11) is 3.38. The van der Waals surface area contributed by atoms with Crippen molar-refractivity contribution in [3.05, 3.63) is 29.6 Å². The van der Waals surface area contributed by atoms with E-state index >= 15 is 0 Å². The number of ether oxygens (including phenoxy) is 1. The summed E-state index contributed by atoms with van der Waals surface area (Å²) in [5.74, 6) is -0.143. The number of nitrogens with zero attached hydrogens (tertiary/aromatic N) is 3. The molecule has 12 heteroatoms. The van der Waals surface area contributed by atoms with Gasteiger partial charge in [-0.1, -0.05) is 12.8 Å². The van der Waals surface area contributed by atoms with E-state index in [0.717, 1.165) is 25.7 Å². The van der Waals surface area contributed by atoms with E-state index in [9.17, 15) is 26.3 Å². The molecule has 3 rings (SSSR count). The number of rotatable bonds is 6. The Morgan fingerprint density at radius 3 is 2.24 bits per heavy atom. The number of nitrogen functional groups attached to an aromatic ring is 2. The van der Waals surface area contributed by atoms with Crippen molar-refractivity contribution in [3.8, 4) is 11.3 Å². The van der Waals surface area contributed by atoms with E-state index in [4.69, 9.17) is 16.2 Å². The number of anilines is 3. The van der Waals surface area contributed by atoms with E-state index < -0.39 is 23.6 Å². The van der Waals surface area contributed by atoms with E-state index in [1.807, 2.05) is 4.90 Å². The molecule has 0 bridgehead atoms. The fourth-order valence-corrected chi connectivity index (χ4v) is 4.44. The first-order valence-corrected chi connectivity index (χ1v) is 10.2. The van der Waals surface area contributed by atoms with Gasteiger partial charge in [0.25, 0.3) is 0 Å². The normalized spacial score (nSPS) is 16.2. The standard InChI is InChI=1S/C21H25F6N5O/c1-32(10-19(11-33-2)5-3-4-6-19)15-8-14(31-18(29)16(15)28)12-7-13(20(22,23)24)17(30-9-12)21(25,26)27/h7-9H,3-6,10-11,28H2,1-2H3,(H2,29,31). The lowest BCUT2D eigenvalue weighted by atomic mass is 9.86. The van der Waals surface area contributed by atoms with Gasteiger partial charge >= 0.3 is 12.4 Å². The second-order valence-corrected chi connectivity index (χ2v) is 8.44. The Balaban J connectivity index is 2.04. The Hall–Kier alpha value is -2.76. The first-order valence-electron chi connectivity index (χ1n) is 10.2. The van der Waals surface area contributed by atoms with Crippen molar-refractivity contribution in [2.45, 2.75) is 38.0 Å². The fraction of sp³-hybridized carbons (Fsp3) is 0.524. The van der Waals surface area contributed by atoms with Gasteiger partial charge in [0.1, 0.15) is 5.82 Å². The smallest absolute Gasteiger partial charge is 0.394 e.